The number of β-amino-alcohol motifs (C(OH)–C–C–N with tert-alkyl or cyclic N) is 1. The fraction of sp³-hybridized carbons (Fsp3) is 1.00. The summed E-state index contributed by atoms with van der Waals surface area (Å²) in [4.78, 5) is 4.70. The van der Waals surface area contributed by atoms with Gasteiger partial charge in [-0.3, -0.25) is 4.90 Å². The third-order valence-corrected chi connectivity index (χ3v) is 3.70. The molecule has 0 aromatic rings. The van der Waals surface area contributed by atoms with Gasteiger partial charge in [0.2, 0.25) is 0 Å². The molecule has 2 aliphatic rings. The number of hydrogen-bond acceptors (Lipinski definition) is 4. The van der Waals surface area contributed by atoms with Gasteiger partial charge in [0.05, 0.1) is 19.3 Å². The van der Waals surface area contributed by atoms with Gasteiger partial charge in [0.25, 0.3) is 0 Å². The fourth-order valence-electron chi connectivity index (χ4n) is 2.44. The van der Waals surface area contributed by atoms with Gasteiger partial charge in [-0.2, -0.15) is 0 Å². The number of nitrogens with zero attached hydrogens (tertiary/aromatic N) is 2. The fourth-order valence-corrected chi connectivity index (χ4v) is 2.44. The van der Waals surface area contributed by atoms with Gasteiger partial charge < -0.3 is 14.7 Å². The molecule has 0 bridgehead atoms. The highest BCUT2D eigenvalue weighted by molar-refractivity contribution is 4.79. The molecule has 1 aliphatic heterocycles. The Morgan fingerprint density at radius 2 is 2.06 bits per heavy atom. The van der Waals surface area contributed by atoms with Crippen LogP contribution in [-0.2, 0) is 4.74 Å². The normalized spacial score (nSPS) is 24.2. The minimum absolute atomic E-state index is 0.216. The van der Waals surface area contributed by atoms with E-state index in [4.69, 9.17) is 4.74 Å². The third kappa shape index (κ3) is 4.92. The Kier molecular flexibility index (Phi) is 5.22. The largest absolute Gasteiger partial charge is 0.390 e. The van der Waals surface area contributed by atoms with Gasteiger partial charge in [-0.05, 0) is 25.3 Å². The highest BCUT2D eigenvalue weighted by Gasteiger charge is 2.25. The Hall–Kier alpha value is -0.160. The van der Waals surface area contributed by atoms with Crippen LogP contribution in [0.2, 0.25) is 0 Å². The quantitative estimate of drug-likeness (QED) is 0.701. The van der Waals surface area contributed by atoms with Crippen molar-refractivity contribution in [1.29, 1.82) is 0 Å². The molecule has 0 amide bonds. The highest BCUT2D eigenvalue weighted by atomic mass is 16.5. The van der Waals surface area contributed by atoms with Crippen molar-refractivity contribution in [3.8, 4) is 0 Å². The smallest absolute Gasteiger partial charge is 0.0793 e. The van der Waals surface area contributed by atoms with Crippen molar-refractivity contribution in [1.82, 2.24) is 9.80 Å². The molecular weight excluding hydrogens is 216 g/mol. The molecule has 1 heterocycles. The van der Waals surface area contributed by atoms with Crippen molar-refractivity contribution in [3.05, 3.63) is 0 Å². The van der Waals surface area contributed by atoms with Crippen LogP contribution < -0.4 is 0 Å². The van der Waals surface area contributed by atoms with Crippen molar-refractivity contribution in [3.63, 3.8) is 0 Å². The van der Waals surface area contributed by atoms with Crippen molar-refractivity contribution in [2.45, 2.75) is 25.9 Å². The van der Waals surface area contributed by atoms with E-state index in [-0.39, 0.29) is 6.10 Å². The van der Waals surface area contributed by atoms with Crippen molar-refractivity contribution in [2.75, 3.05) is 52.5 Å². The van der Waals surface area contributed by atoms with Gasteiger partial charge >= 0.3 is 0 Å². The van der Waals surface area contributed by atoms with Crippen LogP contribution in [0.4, 0.5) is 0 Å². The number of aliphatic hydroxyl groups is 1. The molecule has 2 rings (SSSR count). The van der Waals surface area contributed by atoms with E-state index in [1.54, 1.807) is 0 Å². The Balaban J connectivity index is 1.64. The second-order valence-electron chi connectivity index (χ2n) is 5.36. The first-order valence-corrected chi connectivity index (χ1v) is 6.98. The van der Waals surface area contributed by atoms with Crippen LogP contribution in [0.1, 0.15) is 19.8 Å². The summed E-state index contributed by atoms with van der Waals surface area (Å²) in [5, 5.41) is 10.1. The first-order valence-electron chi connectivity index (χ1n) is 6.98. The first kappa shape index (κ1) is 13.3. The molecule has 1 N–H and O–H groups in total. The number of likely N-dealkylation sites (N-methyl/N-ethyl adjacent to an activating group) is 1. The minimum Gasteiger partial charge on any atom is -0.390 e. The number of ether oxygens (including phenoxy) is 1. The van der Waals surface area contributed by atoms with E-state index in [9.17, 15) is 5.11 Å². The lowest BCUT2D eigenvalue weighted by Crippen LogP contribution is -2.45. The molecule has 1 atom stereocenters. The van der Waals surface area contributed by atoms with E-state index in [0.29, 0.717) is 0 Å². The van der Waals surface area contributed by atoms with E-state index in [2.05, 4.69) is 16.7 Å². The summed E-state index contributed by atoms with van der Waals surface area (Å²) >= 11 is 0. The van der Waals surface area contributed by atoms with Crippen LogP contribution in [0.5, 0.6) is 0 Å². The third-order valence-electron chi connectivity index (χ3n) is 3.70. The van der Waals surface area contributed by atoms with Crippen molar-refractivity contribution in [2.24, 2.45) is 5.92 Å². The average Bonchev–Trinajstić information content (AvgIpc) is 3.13. The van der Waals surface area contributed by atoms with Crippen LogP contribution in [-0.4, -0.2) is 73.5 Å². The van der Waals surface area contributed by atoms with Crippen LogP contribution in [0.3, 0.4) is 0 Å². The molecule has 0 radical (unpaired) electrons. The maximum Gasteiger partial charge on any atom is 0.0793 e. The van der Waals surface area contributed by atoms with Gasteiger partial charge in [0.1, 0.15) is 0 Å². The number of aliphatic hydroxyl groups excluding tert-OH is 1. The Morgan fingerprint density at radius 3 is 2.65 bits per heavy atom. The lowest BCUT2D eigenvalue weighted by atomic mass is 10.2. The summed E-state index contributed by atoms with van der Waals surface area (Å²) in [5.41, 5.74) is 0. The van der Waals surface area contributed by atoms with Crippen LogP contribution in [0, 0.1) is 5.92 Å². The molecule has 0 spiro atoms. The summed E-state index contributed by atoms with van der Waals surface area (Å²) in [7, 11) is 0. The van der Waals surface area contributed by atoms with E-state index in [1.165, 1.54) is 19.4 Å². The summed E-state index contributed by atoms with van der Waals surface area (Å²) in [6, 6.07) is 0. The summed E-state index contributed by atoms with van der Waals surface area (Å²) in [6.07, 6.45) is 2.55. The maximum atomic E-state index is 10.1. The SMILES string of the molecule is CCN(CC(O)CN1CCOCC1)CC1CC1. The summed E-state index contributed by atoms with van der Waals surface area (Å²) in [5.74, 6) is 0.908. The molecule has 0 aromatic carbocycles. The molecule has 1 saturated heterocycles. The van der Waals surface area contributed by atoms with E-state index in [0.717, 1.165) is 51.9 Å². The second kappa shape index (κ2) is 6.69. The van der Waals surface area contributed by atoms with E-state index < -0.39 is 0 Å². The Bertz CT molecular complexity index is 215. The zero-order chi connectivity index (χ0) is 12.1. The average molecular weight is 242 g/mol. The molecule has 0 aromatic heterocycles. The number of rotatable bonds is 7. The van der Waals surface area contributed by atoms with Gasteiger partial charge in [-0.25, -0.2) is 0 Å². The lowest BCUT2D eigenvalue weighted by molar-refractivity contribution is 0.00698. The van der Waals surface area contributed by atoms with Gasteiger partial charge in [-0.1, -0.05) is 6.92 Å². The predicted molar refractivity (Wildman–Crippen MR) is 68.1 cm³/mol. The summed E-state index contributed by atoms with van der Waals surface area (Å²) in [6.45, 7) is 9.59. The van der Waals surface area contributed by atoms with Gasteiger partial charge in [0.15, 0.2) is 0 Å². The topological polar surface area (TPSA) is 35.9 Å². The first-order chi connectivity index (χ1) is 8.28. The zero-order valence-electron chi connectivity index (χ0n) is 11.0. The number of morpholine rings is 1. The molecule has 100 valence electrons. The molecule has 4 heteroatoms. The molecule has 1 aliphatic carbocycles. The molecule has 4 nitrogen and oxygen atoms in total. The van der Waals surface area contributed by atoms with Gasteiger partial charge in [-0.15, -0.1) is 0 Å². The molecular formula is C13H26N2O2. The Labute approximate surface area is 105 Å². The number of hydrogen-bond donors (Lipinski definition) is 1. The predicted octanol–water partition coefficient (Wildman–Crippen LogP) is 0.411. The standard InChI is InChI=1S/C13H26N2O2/c1-2-14(9-12-3-4-12)10-13(16)11-15-5-7-17-8-6-15/h12-13,16H,2-11H2,1H3. The van der Waals surface area contributed by atoms with E-state index >= 15 is 0 Å². The van der Waals surface area contributed by atoms with Crippen LogP contribution in [0.25, 0.3) is 0 Å². The monoisotopic (exact) mass is 242 g/mol. The minimum atomic E-state index is -0.216. The highest BCUT2D eigenvalue weighted by Crippen LogP contribution is 2.29. The molecule has 1 unspecified atom stereocenters. The molecule has 2 fully saturated rings. The van der Waals surface area contributed by atoms with Crippen LogP contribution in [0.15, 0.2) is 0 Å². The molecule has 1 saturated carbocycles. The van der Waals surface area contributed by atoms with Gasteiger partial charge in [0, 0.05) is 32.7 Å². The summed E-state index contributed by atoms with van der Waals surface area (Å²) < 4.78 is 5.31. The maximum absolute atomic E-state index is 10.1. The van der Waals surface area contributed by atoms with Crippen molar-refractivity contribution >= 4 is 0 Å². The van der Waals surface area contributed by atoms with Crippen LogP contribution >= 0.6 is 0 Å². The van der Waals surface area contributed by atoms with E-state index in [1.807, 2.05) is 0 Å². The van der Waals surface area contributed by atoms with Crippen molar-refractivity contribution < 1.29 is 9.84 Å². The Morgan fingerprint density at radius 1 is 1.35 bits per heavy atom. The second-order valence-corrected chi connectivity index (χ2v) is 5.36. The zero-order valence-corrected chi connectivity index (χ0v) is 11.0. The molecule has 17 heavy (non-hydrogen) atoms. The lowest BCUT2D eigenvalue weighted by Gasteiger charge is -2.30.